The van der Waals surface area contributed by atoms with Crippen molar-refractivity contribution >= 4 is 5.91 Å². The van der Waals surface area contributed by atoms with Crippen molar-refractivity contribution in [1.82, 2.24) is 0 Å². The summed E-state index contributed by atoms with van der Waals surface area (Å²) in [5.41, 5.74) is 6.95. The Kier molecular flexibility index (Phi) is 5.47. The Morgan fingerprint density at radius 3 is 1.41 bits per heavy atom. The molecule has 0 saturated carbocycles. The van der Waals surface area contributed by atoms with E-state index in [9.17, 15) is 4.79 Å². The molecule has 2 rings (SSSR count). The summed E-state index contributed by atoms with van der Waals surface area (Å²) in [6.45, 7) is -0.556. The molecule has 0 aromatic heterocycles. The second-order valence-electron chi connectivity index (χ2n) is 3.36. The van der Waals surface area contributed by atoms with Gasteiger partial charge >= 0.3 is 0 Å². The molecule has 0 saturated heterocycles. The lowest BCUT2D eigenvalue weighted by molar-refractivity contribution is -0.120. The van der Waals surface area contributed by atoms with Gasteiger partial charge in [0.25, 0.3) is 0 Å². The van der Waals surface area contributed by atoms with Crippen LogP contribution in [0.1, 0.15) is 0 Å². The van der Waals surface area contributed by atoms with Gasteiger partial charge in [-0.15, -0.1) is 0 Å². The number of carbonyl (C=O) groups is 1. The third-order valence-corrected chi connectivity index (χ3v) is 2.04. The van der Waals surface area contributed by atoms with Gasteiger partial charge in [-0.3, -0.25) is 4.79 Å². The zero-order valence-corrected chi connectivity index (χ0v) is 9.41. The van der Waals surface area contributed by atoms with Crippen LogP contribution in [0, 0.1) is 0 Å². The highest BCUT2D eigenvalue weighted by atomic mass is 16.3. The summed E-state index contributed by atoms with van der Waals surface area (Å²) in [7, 11) is 0. The van der Waals surface area contributed by atoms with Gasteiger partial charge in [-0.25, -0.2) is 0 Å². The van der Waals surface area contributed by atoms with Crippen molar-refractivity contribution in [2.24, 2.45) is 5.73 Å². The zero-order chi connectivity index (χ0) is 12.5. The average molecular weight is 229 g/mol. The summed E-state index contributed by atoms with van der Waals surface area (Å²) in [6, 6.07) is 20.8. The third kappa shape index (κ3) is 4.95. The third-order valence-electron chi connectivity index (χ3n) is 2.04. The molecule has 1 amide bonds. The monoisotopic (exact) mass is 229 g/mol. The molecular weight excluding hydrogens is 214 g/mol. The molecule has 0 bridgehead atoms. The molecule has 88 valence electrons. The first-order chi connectivity index (χ1) is 8.24. The number of amides is 1. The van der Waals surface area contributed by atoms with Gasteiger partial charge in [0.05, 0.1) is 0 Å². The number of aliphatic hydroxyl groups is 1. The Balaban J connectivity index is 0.000000249. The lowest BCUT2D eigenvalue weighted by Crippen LogP contribution is -2.14. The summed E-state index contributed by atoms with van der Waals surface area (Å²) in [5.74, 6) is -0.690. The first-order valence-electron chi connectivity index (χ1n) is 5.23. The Morgan fingerprint density at radius 1 is 0.882 bits per heavy atom. The Labute approximate surface area is 101 Å². The van der Waals surface area contributed by atoms with Crippen molar-refractivity contribution in [1.29, 1.82) is 0 Å². The van der Waals surface area contributed by atoms with Crippen LogP contribution in [0.3, 0.4) is 0 Å². The fourth-order valence-electron chi connectivity index (χ4n) is 1.26. The van der Waals surface area contributed by atoms with Crippen LogP contribution >= 0.6 is 0 Å². The minimum absolute atomic E-state index is 0.556. The quantitative estimate of drug-likeness (QED) is 0.825. The van der Waals surface area contributed by atoms with E-state index in [4.69, 9.17) is 5.11 Å². The largest absolute Gasteiger partial charge is 0.387 e. The minimum atomic E-state index is -0.690. The van der Waals surface area contributed by atoms with Gasteiger partial charge in [0.1, 0.15) is 6.61 Å². The van der Waals surface area contributed by atoms with E-state index in [-0.39, 0.29) is 0 Å². The Bertz CT molecular complexity index is 403. The number of benzene rings is 2. The molecule has 3 heteroatoms. The number of hydrogen-bond acceptors (Lipinski definition) is 2. The van der Waals surface area contributed by atoms with Gasteiger partial charge in [-0.2, -0.15) is 0 Å². The molecule has 2 aromatic carbocycles. The highest BCUT2D eigenvalue weighted by Gasteiger charge is 1.91. The molecule has 0 unspecified atom stereocenters. The lowest BCUT2D eigenvalue weighted by Gasteiger charge is -1.98. The number of primary amides is 1. The van der Waals surface area contributed by atoms with Crippen molar-refractivity contribution in [3.63, 3.8) is 0 Å². The minimum Gasteiger partial charge on any atom is -0.387 e. The van der Waals surface area contributed by atoms with E-state index in [1.165, 1.54) is 11.1 Å². The molecular formula is C14H15NO2. The smallest absolute Gasteiger partial charge is 0.243 e. The number of hydrogen-bond donors (Lipinski definition) is 2. The molecule has 3 nitrogen and oxygen atoms in total. The zero-order valence-electron chi connectivity index (χ0n) is 9.41. The van der Waals surface area contributed by atoms with Crippen molar-refractivity contribution in [3.05, 3.63) is 60.7 Å². The summed E-state index contributed by atoms with van der Waals surface area (Å²) >= 11 is 0. The summed E-state index contributed by atoms with van der Waals surface area (Å²) in [5, 5.41) is 7.67. The molecule has 0 radical (unpaired) electrons. The van der Waals surface area contributed by atoms with Gasteiger partial charge < -0.3 is 10.8 Å². The second kappa shape index (κ2) is 7.19. The van der Waals surface area contributed by atoms with E-state index in [2.05, 4.69) is 54.3 Å². The maximum Gasteiger partial charge on any atom is 0.243 e. The molecule has 0 fully saturated rings. The molecule has 17 heavy (non-hydrogen) atoms. The topological polar surface area (TPSA) is 63.3 Å². The van der Waals surface area contributed by atoms with Gasteiger partial charge in [0.2, 0.25) is 5.91 Å². The molecule has 0 aliphatic carbocycles. The maximum atomic E-state index is 9.34. The predicted octanol–water partition coefficient (Wildman–Crippen LogP) is 1.82. The van der Waals surface area contributed by atoms with Crippen LogP contribution < -0.4 is 5.73 Å². The molecule has 2 aromatic rings. The lowest BCUT2D eigenvalue weighted by atomic mass is 10.1. The molecule has 3 N–H and O–H groups in total. The first-order valence-corrected chi connectivity index (χ1v) is 5.23. The molecule has 0 aliphatic heterocycles. The van der Waals surface area contributed by atoms with Crippen molar-refractivity contribution < 1.29 is 9.90 Å². The standard InChI is InChI=1S/C12H10.C2H5NO2/c1-3-7-11(8-4-1)12-9-5-2-6-10-12;3-2(5)1-4/h1-10H;4H,1H2,(H2,3,5). The summed E-state index contributed by atoms with van der Waals surface area (Å²) < 4.78 is 0. The van der Waals surface area contributed by atoms with Gasteiger partial charge in [-0.1, -0.05) is 60.7 Å². The summed E-state index contributed by atoms with van der Waals surface area (Å²) in [6.07, 6.45) is 0. The molecule has 0 aliphatic rings. The second-order valence-corrected chi connectivity index (χ2v) is 3.36. The van der Waals surface area contributed by atoms with E-state index < -0.39 is 12.5 Å². The van der Waals surface area contributed by atoms with Crippen molar-refractivity contribution in [3.8, 4) is 11.1 Å². The summed E-state index contributed by atoms with van der Waals surface area (Å²) in [4.78, 5) is 9.34. The van der Waals surface area contributed by atoms with Crippen LogP contribution in [0.15, 0.2) is 60.7 Å². The Morgan fingerprint density at radius 2 is 1.18 bits per heavy atom. The molecule has 0 heterocycles. The number of rotatable bonds is 2. The van der Waals surface area contributed by atoms with Gasteiger partial charge in [-0.05, 0) is 11.1 Å². The van der Waals surface area contributed by atoms with Crippen LogP contribution in [-0.2, 0) is 4.79 Å². The van der Waals surface area contributed by atoms with E-state index >= 15 is 0 Å². The van der Waals surface area contributed by atoms with Crippen molar-refractivity contribution in [2.75, 3.05) is 6.61 Å². The molecule has 0 atom stereocenters. The highest BCUT2D eigenvalue weighted by Crippen LogP contribution is 2.17. The fourth-order valence-corrected chi connectivity index (χ4v) is 1.26. The van der Waals surface area contributed by atoms with E-state index in [0.29, 0.717) is 0 Å². The van der Waals surface area contributed by atoms with Crippen LogP contribution in [0.5, 0.6) is 0 Å². The maximum absolute atomic E-state index is 9.34. The van der Waals surface area contributed by atoms with E-state index in [1.54, 1.807) is 0 Å². The first kappa shape index (κ1) is 12.9. The van der Waals surface area contributed by atoms with Crippen LogP contribution in [0.4, 0.5) is 0 Å². The fraction of sp³-hybridized carbons (Fsp3) is 0.0714. The van der Waals surface area contributed by atoms with Crippen LogP contribution in [0.2, 0.25) is 0 Å². The van der Waals surface area contributed by atoms with Crippen molar-refractivity contribution in [2.45, 2.75) is 0 Å². The van der Waals surface area contributed by atoms with Gasteiger partial charge in [0, 0.05) is 0 Å². The number of aliphatic hydroxyl groups excluding tert-OH is 1. The Hall–Kier alpha value is -2.13. The van der Waals surface area contributed by atoms with Gasteiger partial charge in [0.15, 0.2) is 0 Å². The highest BCUT2D eigenvalue weighted by molar-refractivity contribution is 5.74. The van der Waals surface area contributed by atoms with E-state index in [0.717, 1.165) is 0 Å². The molecule has 0 spiro atoms. The number of carbonyl (C=O) groups excluding carboxylic acids is 1. The normalized spacial score (nSPS) is 9.00. The number of nitrogens with two attached hydrogens (primary N) is 1. The van der Waals surface area contributed by atoms with Crippen LogP contribution in [-0.4, -0.2) is 17.6 Å². The van der Waals surface area contributed by atoms with Crippen LogP contribution in [0.25, 0.3) is 11.1 Å². The average Bonchev–Trinajstić information content (AvgIpc) is 2.41. The predicted molar refractivity (Wildman–Crippen MR) is 68.2 cm³/mol. The SMILES string of the molecule is NC(=O)CO.c1ccc(-c2ccccc2)cc1. The van der Waals surface area contributed by atoms with E-state index in [1.807, 2.05) is 12.1 Å².